The van der Waals surface area contributed by atoms with Crippen LogP contribution in [0.25, 0.3) is 0 Å². The van der Waals surface area contributed by atoms with Gasteiger partial charge < -0.3 is 10.1 Å². The second-order valence-electron chi connectivity index (χ2n) is 5.27. The van der Waals surface area contributed by atoms with E-state index in [0.717, 1.165) is 5.69 Å². The van der Waals surface area contributed by atoms with Crippen LogP contribution in [0.1, 0.15) is 55.8 Å². The van der Waals surface area contributed by atoms with Crippen LogP contribution in [-0.2, 0) is 6.42 Å². The Balaban J connectivity index is 1.64. The fourth-order valence-electron chi connectivity index (χ4n) is 2.79. The van der Waals surface area contributed by atoms with Crippen molar-refractivity contribution in [2.45, 2.75) is 50.7 Å². The van der Waals surface area contributed by atoms with E-state index >= 15 is 0 Å². The average Bonchev–Trinajstić information content (AvgIpc) is 3.11. The van der Waals surface area contributed by atoms with Crippen LogP contribution in [0.3, 0.4) is 0 Å². The van der Waals surface area contributed by atoms with Gasteiger partial charge in [0.25, 0.3) is 0 Å². The lowest BCUT2D eigenvalue weighted by Crippen LogP contribution is -2.14. The zero-order chi connectivity index (χ0) is 13.1. The summed E-state index contributed by atoms with van der Waals surface area (Å²) in [5.74, 6) is 0.604. The number of aromatic amines is 1. The minimum absolute atomic E-state index is 0.507. The minimum atomic E-state index is -0.607. The van der Waals surface area contributed by atoms with Gasteiger partial charge in [-0.15, -0.1) is 0 Å². The molecule has 0 aromatic carbocycles. The van der Waals surface area contributed by atoms with Gasteiger partial charge in [0.05, 0.1) is 11.7 Å². The molecule has 2 N–H and O–H groups in total. The molecular weight excluding hydrogens is 240 g/mol. The molecule has 0 radical (unpaired) electrons. The normalized spacial score (nSPS) is 18.6. The van der Waals surface area contributed by atoms with E-state index in [9.17, 15) is 5.11 Å². The molecule has 5 heteroatoms. The first-order valence-corrected chi connectivity index (χ1v) is 7.04. The molecule has 2 aromatic heterocycles. The van der Waals surface area contributed by atoms with Crippen molar-refractivity contribution < 1.29 is 5.11 Å². The Kier molecular flexibility index (Phi) is 3.64. The smallest absolute Gasteiger partial charge is 0.135 e. The molecule has 1 fully saturated rings. The molecule has 2 heterocycles. The maximum Gasteiger partial charge on any atom is 0.135 e. The highest BCUT2D eigenvalue weighted by atomic mass is 16.3. The van der Waals surface area contributed by atoms with Crippen LogP contribution >= 0.6 is 0 Å². The van der Waals surface area contributed by atoms with Gasteiger partial charge in [0.1, 0.15) is 11.9 Å². The van der Waals surface area contributed by atoms with Crippen molar-refractivity contribution in [2.75, 3.05) is 0 Å². The molecule has 1 aliphatic carbocycles. The number of hydrogen-bond acceptors (Lipinski definition) is 3. The number of imidazole rings is 1. The van der Waals surface area contributed by atoms with Crippen LogP contribution in [0.15, 0.2) is 24.7 Å². The van der Waals surface area contributed by atoms with E-state index in [2.05, 4.69) is 19.7 Å². The first kappa shape index (κ1) is 12.4. The average molecular weight is 260 g/mol. The lowest BCUT2D eigenvalue weighted by Gasteiger charge is -2.21. The molecule has 1 saturated carbocycles. The summed E-state index contributed by atoms with van der Waals surface area (Å²) >= 11 is 0. The molecule has 0 spiro atoms. The van der Waals surface area contributed by atoms with Gasteiger partial charge in [-0.1, -0.05) is 19.3 Å². The molecule has 19 heavy (non-hydrogen) atoms. The maximum absolute atomic E-state index is 10.0. The number of rotatable bonds is 4. The van der Waals surface area contributed by atoms with Gasteiger partial charge in [-0.2, -0.15) is 5.10 Å². The van der Waals surface area contributed by atoms with Crippen molar-refractivity contribution in [1.82, 2.24) is 19.7 Å². The molecule has 5 nitrogen and oxygen atoms in total. The van der Waals surface area contributed by atoms with Crippen LogP contribution in [0, 0.1) is 0 Å². The van der Waals surface area contributed by atoms with Crippen LogP contribution in [0.4, 0.5) is 0 Å². The summed E-state index contributed by atoms with van der Waals surface area (Å²) in [4.78, 5) is 7.00. The molecule has 0 amide bonds. The van der Waals surface area contributed by atoms with Gasteiger partial charge in [-0.05, 0) is 18.9 Å². The third-order valence-corrected chi connectivity index (χ3v) is 3.85. The summed E-state index contributed by atoms with van der Waals surface area (Å²) in [6.45, 7) is 0. The van der Waals surface area contributed by atoms with Crippen molar-refractivity contribution in [3.05, 3.63) is 36.2 Å². The SMILES string of the molecule is OC(Cc1ccn(C2CCCCC2)n1)c1ncc[nH]1. The molecule has 0 aliphatic heterocycles. The second-order valence-corrected chi connectivity index (χ2v) is 5.27. The highest BCUT2D eigenvalue weighted by Crippen LogP contribution is 2.27. The van der Waals surface area contributed by atoms with Gasteiger partial charge in [0.2, 0.25) is 0 Å². The third kappa shape index (κ3) is 2.87. The molecule has 0 saturated heterocycles. The van der Waals surface area contributed by atoms with Gasteiger partial charge in [-0.3, -0.25) is 4.68 Å². The Hall–Kier alpha value is -1.62. The summed E-state index contributed by atoms with van der Waals surface area (Å²) in [5, 5.41) is 14.6. The summed E-state index contributed by atoms with van der Waals surface area (Å²) in [7, 11) is 0. The lowest BCUT2D eigenvalue weighted by atomic mass is 9.96. The molecule has 1 aliphatic rings. The first-order chi connectivity index (χ1) is 9.33. The molecular formula is C14H20N4O. The summed E-state index contributed by atoms with van der Waals surface area (Å²) in [6.07, 6.45) is 11.7. The van der Waals surface area contributed by atoms with Crippen molar-refractivity contribution in [3.63, 3.8) is 0 Å². The Morgan fingerprint density at radius 1 is 1.37 bits per heavy atom. The van der Waals surface area contributed by atoms with E-state index in [4.69, 9.17) is 0 Å². The number of H-pyrrole nitrogens is 1. The summed E-state index contributed by atoms with van der Waals surface area (Å²) < 4.78 is 2.07. The zero-order valence-electron chi connectivity index (χ0n) is 11.0. The van der Waals surface area contributed by atoms with E-state index in [1.54, 1.807) is 12.4 Å². The highest BCUT2D eigenvalue weighted by molar-refractivity contribution is 5.05. The molecule has 3 rings (SSSR count). The topological polar surface area (TPSA) is 66.7 Å². The Bertz CT molecular complexity index is 499. The van der Waals surface area contributed by atoms with Crippen molar-refractivity contribution in [2.24, 2.45) is 0 Å². The maximum atomic E-state index is 10.0. The van der Waals surface area contributed by atoms with Crippen LogP contribution in [-0.4, -0.2) is 24.9 Å². The molecule has 1 atom stereocenters. The van der Waals surface area contributed by atoms with E-state index < -0.39 is 6.10 Å². The van der Waals surface area contributed by atoms with Crippen molar-refractivity contribution in [3.8, 4) is 0 Å². The largest absolute Gasteiger partial charge is 0.385 e. The number of aromatic nitrogens is 4. The fraction of sp³-hybridized carbons (Fsp3) is 0.571. The van der Waals surface area contributed by atoms with E-state index in [1.165, 1.54) is 32.1 Å². The van der Waals surface area contributed by atoms with Crippen molar-refractivity contribution in [1.29, 1.82) is 0 Å². The predicted molar refractivity (Wildman–Crippen MR) is 71.6 cm³/mol. The van der Waals surface area contributed by atoms with E-state index in [1.807, 2.05) is 12.3 Å². The monoisotopic (exact) mass is 260 g/mol. The van der Waals surface area contributed by atoms with Crippen LogP contribution in [0.5, 0.6) is 0 Å². The third-order valence-electron chi connectivity index (χ3n) is 3.85. The molecule has 102 valence electrons. The second kappa shape index (κ2) is 5.57. The predicted octanol–water partition coefficient (Wildman–Crippen LogP) is 2.39. The Morgan fingerprint density at radius 3 is 2.95 bits per heavy atom. The minimum Gasteiger partial charge on any atom is -0.385 e. The van der Waals surface area contributed by atoms with Gasteiger partial charge in [-0.25, -0.2) is 4.98 Å². The number of nitrogens with one attached hydrogen (secondary N) is 1. The quantitative estimate of drug-likeness (QED) is 0.887. The van der Waals surface area contributed by atoms with Crippen LogP contribution in [0.2, 0.25) is 0 Å². The van der Waals surface area contributed by atoms with Crippen LogP contribution < -0.4 is 0 Å². The van der Waals surface area contributed by atoms with Gasteiger partial charge in [0.15, 0.2) is 0 Å². The van der Waals surface area contributed by atoms with Crippen molar-refractivity contribution >= 4 is 0 Å². The summed E-state index contributed by atoms with van der Waals surface area (Å²) in [5.41, 5.74) is 0.925. The van der Waals surface area contributed by atoms with E-state index in [0.29, 0.717) is 18.3 Å². The highest BCUT2D eigenvalue weighted by Gasteiger charge is 2.17. The molecule has 0 bridgehead atoms. The standard InChI is InChI=1S/C14H20N4O/c19-13(14-15-7-8-16-14)10-11-6-9-18(17-11)12-4-2-1-3-5-12/h6-9,12-13,19H,1-5,10H2,(H,15,16). The van der Waals surface area contributed by atoms with Gasteiger partial charge >= 0.3 is 0 Å². The fourth-order valence-corrected chi connectivity index (χ4v) is 2.79. The number of aliphatic hydroxyl groups is 1. The first-order valence-electron chi connectivity index (χ1n) is 7.04. The van der Waals surface area contributed by atoms with E-state index in [-0.39, 0.29) is 0 Å². The van der Waals surface area contributed by atoms with Gasteiger partial charge in [0, 0.05) is 25.0 Å². The number of hydrogen-bond donors (Lipinski definition) is 2. The Morgan fingerprint density at radius 2 is 2.21 bits per heavy atom. The molecule has 2 aromatic rings. The zero-order valence-corrected chi connectivity index (χ0v) is 11.0. The summed E-state index contributed by atoms with van der Waals surface area (Å²) in [6, 6.07) is 2.55. The number of aliphatic hydroxyl groups excluding tert-OH is 1. The lowest BCUT2D eigenvalue weighted by molar-refractivity contribution is 0.167. The Labute approximate surface area is 112 Å². The number of nitrogens with zero attached hydrogens (tertiary/aromatic N) is 3. The molecule has 1 unspecified atom stereocenters.